The number of unbranched alkanes of at least 4 members (excludes halogenated alkanes) is 1. The molecule has 0 radical (unpaired) electrons. The van der Waals surface area contributed by atoms with Crippen molar-refractivity contribution in [2.45, 2.75) is 45.5 Å². The van der Waals surface area contributed by atoms with Crippen molar-refractivity contribution in [2.24, 2.45) is 0 Å². The van der Waals surface area contributed by atoms with E-state index in [9.17, 15) is 16.8 Å². The van der Waals surface area contributed by atoms with Crippen molar-refractivity contribution < 1.29 is 16.8 Å². The minimum Gasteiger partial charge on any atom is -0.222 e. The van der Waals surface area contributed by atoms with E-state index >= 15 is 0 Å². The molecule has 0 saturated carbocycles. The number of sulfone groups is 2. The largest absolute Gasteiger partial charge is 0.222 e. The fourth-order valence-electron chi connectivity index (χ4n) is 3.24. The van der Waals surface area contributed by atoms with Crippen LogP contribution in [-0.2, 0) is 19.7 Å². The van der Waals surface area contributed by atoms with Gasteiger partial charge in [-0.15, -0.1) is 11.8 Å². The van der Waals surface area contributed by atoms with Crippen LogP contribution < -0.4 is 0 Å². The summed E-state index contributed by atoms with van der Waals surface area (Å²) in [7, 11) is -8.09. The lowest BCUT2D eigenvalue weighted by Crippen LogP contribution is -2.31. The van der Waals surface area contributed by atoms with Crippen LogP contribution in [0.25, 0.3) is 0 Å². The highest BCUT2D eigenvalue weighted by molar-refractivity contribution is 8.09. The Balaban J connectivity index is 1.76. The van der Waals surface area contributed by atoms with Crippen LogP contribution in [0.1, 0.15) is 24.8 Å². The summed E-state index contributed by atoms with van der Waals surface area (Å²) in [4.78, 5) is 1.22. The highest BCUT2D eigenvalue weighted by Gasteiger charge is 2.39. The zero-order valence-corrected chi connectivity index (χ0v) is 19.8. The summed E-state index contributed by atoms with van der Waals surface area (Å²) in [6.07, 6.45) is 1.29. The first-order valence-corrected chi connectivity index (χ1v) is 14.2. The van der Waals surface area contributed by atoms with E-state index in [2.05, 4.69) is 24.3 Å². The van der Waals surface area contributed by atoms with Crippen LogP contribution in [0.4, 0.5) is 0 Å². The van der Waals surface area contributed by atoms with Crippen molar-refractivity contribution in [3.05, 3.63) is 90.5 Å². The quantitative estimate of drug-likeness (QED) is 0.285. The Morgan fingerprint density at radius 3 is 1.65 bits per heavy atom. The van der Waals surface area contributed by atoms with Crippen molar-refractivity contribution in [1.29, 1.82) is 0 Å². The molecule has 0 aliphatic rings. The molecule has 31 heavy (non-hydrogen) atoms. The molecule has 0 aliphatic heterocycles. The molecule has 0 heterocycles. The van der Waals surface area contributed by atoms with Gasteiger partial charge in [0.1, 0.15) is 0 Å². The van der Waals surface area contributed by atoms with E-state index in [1.54, 1.807) is 48.2 Å². The third-order valence-electron chi connectivity index (χ3n) is 4.96. The number of aryl methyl sites for hydroxylation is 1. The number of hydrogen-bond acceptors (Lipinski definition) is 5. The number of benzene rings is 3. The summed E-state index contributed by atoms with van der Waals surface area (Å²) in [6.45, 7) is 2.04. The lowest BCUT2D eigenvalue weighted by molar-refractivity contribution is 0.564. The van der Waals surface area contributed by atoms with Crippen LogP contribution in [0, 0.1) is 6.92 Å². The van der Waals surface area contributed by atoms with E-state index in [1.807, 2.05) is 6.92 Å². The normalized spacial score (nSPS) is 12.2. The summed E-state index contributed by atoms with van der Waals surface area (Å²) in [6, 6.07) is 23.9. The van der Waals surface area contributed by atoms with E-state index in [4.69, 9.17) is 0 Å². The molecular weight excluding hydrogens is 448 g/mol. The number of thioether (sulfide) groups is 1. The van der Waals surface area contributed by atoms with Crippen LogP contribution in [-0.4, -0.2) is 27.2 Å². The minimum absolute atomic E-state index is 0.0357. The van der Waals surface area contributed by atoms with Gasteiger partial charge in [-0.25, -0.2) is 16.8 Å². The fraction of sp³-hybridized carbons (Fsp3) is 0.250. The number of hydrogen-bond donors (Lipinski definition) is 0. The second-order valence-electron chi connectivity index (χ2n) is 7.30. The van der Waals surface area contributed by atoms with Gasteiger partial charge in [-0.2, -0.15) is 0 Å². The third kappa shape index (κ3) is 5.99. The molecule has 3 aromatic carbocycles. The van der Waals surface area contributed by atoms with Crippen LogP contribution >= 0.6 is 11.8 Å². The highest BCUT2D eigenvalue weighted by Crippen LogP contribution is 2.30. The van der Waals surface area contributed by atoms with Crippen molar-refractivity contribution in [3.63, 3.8) is 0 Å². The summed E-state index contributed by atoms with van der Waals surface area (Å²) in [5.41, 5.74) is 1.20. The second-order valence-corrected chi connectivity index (χ2v) is 13.0. The Bertz CT molecular complexity index is 1100. The highest BCUT2D eigenvalue weighted by atomic mass is 32.3. The Hall–Kier alpha value is -2.09. The molecule has 3 aromatic rings. The fourth-order valence-corrected chi connectivity index (χ4v) is 8.79. The third-order valence-corrected chi connectivity index (χ3v) is 11.3. The average molecular weight is 475 g/mol. The van der Waals surface area contributed by atoms with E-state index in [-0.39, 0.29) is 16.2 Å². The van der Waals surface area contributed by atoms with Gasteiger partial charge in [-0.1, -0.05) is 60.5 Å². The van der Waals surface area contributed by atoms with Gasteiger partial charge in [0.05, 0.1) is 9.79 Å². The smallest absolute Gasteiger partial charge is 0.195 e. The maximum atomic E-state index is 13.3. The first-order valence-electron chi connectivity index (χ1n) is 10.1. The molecule has 0 N–H and O–H groups in total. The molecule has 0 saturated heterocycles. The topological polar surface area (TPSA) is 68.3 Å². The Morgan fingerprint density at radius 2 is 1.16 bits per heavy atom. The first-order chi connectivity index (χ1) is 14.8. The minimum atomic E-state index is -4.05. The van der Waals surface area contributed by atoms with E-state index in [1.165, 1.54) is 29.8 Å². The van der Waals surface area contributed by atoms with Crippen LogP contribution in [0.15, 0.2) is 99.6 Å². The molecule has 0 aromatic heterocycles. The molecule has 0 fully saturated rings. The maximum absolute atomic E-state index is 13.3. The van der Waals surface area contributed by atoms with Crippen LogP contribution in [0.2, 0.25) is 0 Å². The predicted molar refractivity (Wildman–Crippen MR) is 127 cm³/mol. The SMILES string of the molecule is Cc1ccc(SCCCCC(S(=O)(=O)c2ccccc2)S(=O)(=O)c2ccccc2)cc1. The Morgan fingerprint density at radius 1 is 0.677 bits per heavy atom. The van der Waals surface area contributed by atoms with Gasteiger partial charge < -0.3 is 0 Å². The maximum Gasteiger partial charge on any atom is 0.195 e. The Labute approximate surface area is 189 Å². The lowest BCUT2D eigenvalue weighted by atomic mass is 10.2. The van der Waals surface area contributed by atoms with E-state index in [0.29, 0.717) is 6.42 Å². The summed E-state index contributed by atoms with van der Waals surface area (Å²) in [5, 5.41) is 0. The number of rotatable bonds is 10. The molecule has 7 heteroatoms. The molecule has 0 amide bonds. The van der Waals surface area contributed by atoms with Gasteiger partial charge in [0, 0.05) is 4.90 Å². The molecule has 0 unspecified atom stereocenters. The second kappa shape index (κ2) is 10.5. The van der Waals surface area contributed by atoms with Crippen molar-refractivity contribution in [1.82, 2.24) is 0 Å². The lowest BCUT2D eigenvalue weighted by Gasteiger charge is -2.18. The predicted octanol–water partition coefficient (Wildman–Crippen LogP) is 5.53. The summed E-state index contributed by atoms with van der Waals surface area (Å²) < 4.78 is 51.6. The van der Waals surface area contributed by atoms with Gasteiger partial charge in [-0.3, -0.25) is 0 Å². The molecule has 0 bridgehead atoms. The van der Waals surface area contributed by atoms with E-state index in [0.717, 1.165) is 17.1 Å². The van der Waals surface area contributed by atoms with Crippen LogP contribution in [0.5, 0.6) is 0 Å². The van der Waals surface area contributed by atoms with Gasteiger partial charge in [-0.05, 0) is 61.9 Å². The monoisotopic (exact) mass is 474 g/mol. The molecule has 3 rings (SSSR count). The Kier molecular flexibility index (Phi) is 7.97. The van der Waals surface area contributed by atoms with Gasteiger partial charge in [0.25, 0.3) is 0 Å². The average Bonchev–Trinajstić information content (AvgIpc) is 2.78. The first kappa shape index (κ1) is 23.6. The molecular formula is C24H26O4S3. The molecule has 164 valence electrons. The van der Waals surface area contributed by atoms with E-state index < -0.39 is 24.3 Å². The van der Waals surface area contributed by atoms with Gasteiger partial charge >= 0.3 is 0 Å². The van der Waals surface area contributed by atoms with Gasteiger partial charge in [0.2, 0.25) is 0 Å². The zero-order chi connectivity index (χ0) is 22.3. The molecule has 0 atom stereocenters. The van der Waals surface area contributed by atoms with Crippen molar-refractivity contribution >= 4 is 31.4 Å². The molecule has 4 nitrogen and oxygen atoms in total. The standard InChI is InChI=1S/C24H26O4S3/c1-20-15-17-21(18-16-20)29-19-9-8-14-24(30(25,26)22-10-4-2-5-11-22)31(27,28)23-12-6-3-7-13-23/h2-7,10-13,15-18,24H,8-9,14,19H2,1H3. The van der Waals surface area contributed by atoms with Crippen molar-refractivity contribution in [2.75, 3.05) is 5.75 Å². The summed E-state index contributed by atoms with van der Waals surface area (Å²) >= 11 is 1.69. The van der Waals surface area contributed by atoms with Gasteiger partial charge in [0.15, 0.2) is 24.3 Å². The summed E-state index contributed by atoms with van der Waals surface area (Å²) in [5.74, 6) is 0.798. The van der Waals surface area contributed by atoms with Crippen LogP contribution in [0.3, 0.4) is 0 Å². The van der Waals surface area contributed by atoms with Crippen molar-refractivity contribution in [3.8, 4) is 0 Å². The molecule has 0 spiro atoms. The zero-order valence-electron chi connectivity index (χ0n) is 17.3. The molecule has 0 aliphatic carbocycles.